The number of rotatable bonds is 3. The topological polar surface area (TPSA) is 42.0 Å². The first-order valence-electron chi connectivity index (χ1n) is 4.75. The van der Waals surface area contributed by atoms with Crippen LogP contribution in [0.4, 0.5) is 5.00 Å². The van der Waals surface area contributed by atoms with Crippen LogP contribution in [0.2, 0.25) is 0 Å². The Kier molecular flexibility index (Phi) is 3.12. The number of carbonyl (C=O) groups is 1. The molecule has 4 heteroatoms. The molecule has 0 radical (unpaired) electrons. The van der Waals surface area contributed by atoms with E-state index in [1.54, 1.807) is 0 Å². The van der Waals surface area contributed by atoms with Gasteiger partial charge < -0.3 is 5.32 Å². The molecule has 0 unspecified atom stereocenters. The summed E-state index contributed by atoms with van der Waals surface area (Å²) in [6.45, 7) is 3.39. The number of anilines is 1. The van der Waals surface area contributed by atoms with Crippen molar-refractivity contribution in [1.82, 2.24) is 4.37 Å². The molecule has 1 aromatic carbocycles. The van der Waals surface area contributed by atoms with Gasteiger partial charge in [-0.1, -0.05) is 36.9 Å². The van der Waals surface area contributed by atoms with Gasteiger partial charge in [0.2, 0.25) is 5.91 Å². The molecule has 0 aliphatic rings. The van der Waals surface area contributed by atoms with E-state index in [0.717, 1.165) is 16.3 Å². The summed E-state index contributed by atoms with van der Waals surface area (Å²) >= 11 is 1.26. The molecule has 0 spiro atoms. The van der Waals surface area contributed by atoms with Crippen molar-refractivity contribution < 1.29 is 4.79 Å². The monoisotopic (exact) mass is 230 g/mol. The van der Waals surface area contributed by atoms with E-state index in [1.807, 2.05) is 36.4 Å². The number of hydrogen-bond donors (Lipinski definition) is 1. The highest BCUT2D eigenvalue weighted by molar-refractivity contribution is 7.10. The highest BCUT2D eigenvalue weighted by atomic mass is 32.1. The minimum atomic E-state index is -0.219. The van der Waals surface area contributed by atoms with Crippen LogP contribution in [0, 0.1) is 0 Å². The maximum absolute atomic E-state index is 11.1. The highest BCUT2D eigenvalue weighted by Gasteiger charge is 2.05. The predicted molar refractivity (Wildman–Crippen MR) is 66.4 cm³/mol. The lowest BCUT2D eigenvalue weighted by molar-refractivity contribution is -0.111. The van der Waals surface area contributed by atoms with E-state index in [9.17, 15) is 4.79 Å². The fraction of sp³-hybridized carbons (Fsp3) is 0. The zero-order chi connectivity index (χ0) is 11.4. The van der Waals surface area contributed by atoms with Crippen molar-refractivity contribution in [2.24, 2.45) is 0 Å². The Labute approximate surface area is 97.6 Å². The average Bonchev–Trinajstić information content (AvgIpc) is 2.78. The summed E-state index contributed by atoms with van der Waals surface area (Å²) in [6, 6.07) is 11.7. The van der Waals surface area contributed by atoms with Crippen LogP contribution in [-0.2, 0) is 4.79 Å². The quantitative estimate of drug-likeness (QED) is 0.824. The average molecular weight is 230 g/mol. The van der Waals surface area contributed by atoms with E-state index >= 15 is 0 Å². The normalized spacial score (nSPS) is 9.75. The SMILES string of the molecule is C=CC(=O)Nc1cc(-c2ccccc2)ns1. The van der Waals surface area contributed by atoms with Crippen LogP contribution >= 0.6 is 11.5 Å². The summed E-state index contributed by atoms with van der Waals surface area (Å²) < 4.78 is 4.27. The summed E-state index contributed by atoms with van der Waals surface area (Å²) in [5.74, 6) is -0.219. The predicted octanol–water partition coefficient (Wildman–Crippen LogP) is 2.93. The molecule has 1 aromatic heterocycles. The van der Waals surface area contributed by atoms with Crippen molar-refractivity contribution >= 4 is 22.4 Å². The van der Waals surface area contributed by atoms with Crippen LogP contribution in [0.25, 0.3) is 11.3 Å². The van der Waals surface area contributed by atoms with Gasteiger partial charge in [0.15, 0.2) is 0 Å². The van der Waals surface area contributed by atoms with E-state index in [0.29, 0.717) is 0 Å². The minimum absolute atomic E-state index is 0.219. The van der Waals surface area contributed by atoms with E-state index in [4.69, 9.17) is 0 Å². The van der Waals surface area contributed by atoms with Gasteiger partial charge in [-0.25, -0.2) is 0 Å². The van der Waals surface area contributed by atoms with Gasteiger partial charge in [-0.05, 0) is 17.6 Å². The molecule has 0 aliphatic heterocycles. The lowest BCUT2D eigenvalue weighted by atomic mass is 10.2. The first kappa shape index (κ1) is 10.6. The number of hydrogen-bond acceptors (Lipinski definition) is 3. The van der Waals surface area contributed by atoms with Gasteiger partial charge in [0.05, 0.1) is 5.69 Å². The lowest BCUT2D eigenvalue weighted by Gasteiger charge is -1.94. The third kappa shape index (κ3) is 2.35. The van der Waals surface area contributed by atoms with Gasteiger partial charge in [0, 0.05) is 11.6 Å². The van der Waals surface area contributed by atoms with Crippen LogP contribution in [0.5, 0.6) is 0 Å². The molecule has 0 atom stereocenters. The molecule has 0 saturated carbocycles. The first-order valence-corrected chi connectivity index (χ1v) is 5.52. The second-order valence-corrected chi connectivity index (χ2v) is 3.94. The fourth-order valence-electron chi connectivity index (χ4n) is 1.25. The van der Waals surface area contributed by atoms with Crippen LogP contribution in [0.15, 0.2) is 49.1 Å². The lowest BCUT2D eigenvalue weighted by Crippen LogP contribution is -2.05. The number of carbonyl (C=O) groups excluding carboxylic acids is 1. The van der Waals surface area contributed by atoms with Crippen LogP contribution in [0.1, 0.15) is 0 Å². The molecule has 3 nitrogen and oxygen atoms in total. The summed E-state index contributed by atoms with van der Waals surface area (Å²) in [5, 5.41) is 3.41. The zero-order valence-electron chi connectivity index (χ0n) is 8.51. The second-order valence-electron chi connectivity index (χ2n) is 3.14. The number of nitrogens with one attached hydrogen (secondary N) is 1. The summed E-state index contributed by atoms with van der Waals surface area (Å²) in [7, 11) is 0. The molecule has 1 heterocycles. The summed E-state index contributed by atoms with van der Waals surface area (Å²) in [4.78, 5) is 11.1. The Hall–Kier alpha value is -1.94. The molecule has 80 valence electrons. The molecular formula is C12H10N2OS. The van der Waals surface area contributed by atoms with Crippen molar-refractivity contribution in [1.29, 1.82) is 0 Å². The number of amides is 1. The van der Waals surface area contributed by atoms with Crippen molar-refractivity contribution in [2.45, 2.75) is 0 Å². The molecule has 0 aliphatic carbocycles. The van der Waals surface area contributed by atoms with E-state index in [-0.39, 0.29) is 5.91 Å². The van der Waals surface area contributed by atoms with E-state index in [1.165, 1.54) is 17.6 Å². The highest BCUT2D eigenvalue weighted by Crippen LogP contribution is 2.24. The van der Waals surface area contributed by atoms with Gasteiger partial charge in [-0.2, -0.15) is 4.37 Å². The second kappa shape index (κ2) is 4.72. The summed E-state index contributed by atoms with van der Waals surface area (Å²) in [6.07, 6.45) is 1.24. The van der Waals surface area contributed by atoms with Gasteiger partial charge in [0.25, 0.3) is 0 Å². The number of nitrogens with zero attached hydrogens (tertiary/aromatic N) is 1. The van der Waals surface area contributed by atoms with Gasteiger partial charge in [-0.3, -0.25) is 4.79 Å². The smallest absolute Gasteiger partial charge is 0.248 e. The van der Waals surface area contributed by atoms with E-state index < -0.39 is 0 Å². The molecule has 0 fully saturated rings. The Bertz CT molecular complexity index is 505. The zero-order valence-corrected chi connectivity index (χ0v) is 9.33. The van der Waals surface area contributed by atoms with Crippen molar-refractivity contribution in [3.05, 3.63) is 49.1 Å². The Balaban J connectivity index is 2.20. The van der Waals surface area contributed by atoms with Crippen LogP contribution < -0.4 is 5.32 Å². The Morgan fingerprint density at radius 2 is 2.12 bits per heavy atom. The Morgan fingerprint density at radius 3 is 2.81 bits per heavy atom. The molecule has 0 saturated heterocycles. The maximum Gasteiger partial charge on any atom is 0.248 e. The number of benzene rings is 1. The molecule has 1 N–H and O–H groups in total. The van der Waals surface area contributed by atoms with E-state index in [2.05, 4.69) is 16.3 Å². The molecule has 2 rings (SSSR count). The molecule has 1 amide bonds. The molecular weight excluding hydrogens is 220 g/mol. The van der Waals surface area contributed by atoms with Crippen molar-refractivity contribution in [3.63, 3.8) is 0 Å². The third-order valence-electron chi connectivity index (χ3n) is 2.01. The molecule has 16 heavy (non-hydrogen) atoms. The first-order chi connectivity index (χ1) is 7.79. The van der Waals surface area contributed by atoms with Gasteiger partial charge in [-0.15, -0.1) is 0 Å². The maximum atomic E-state index is 11.1. The van der Waals surface area contributed by atoms with Gasteiger partial charge in [0.1, 0.15) is 5.00 Å². The Morgan fingerprint density at radius 1 is 1.38 bits per heavy atom. The van der Waals surface area contributed by atoms with Crippen LogP contribution in [0.3, 0.4) is 0 Å². The van der Waals surface area contributed by atoms with Gasteiger partial charge >= 0.3 is 0 Å². The largest absolute Gasteiger partial charge is 0.313 e. The third-order valence-corrected chi connectivity index (χ3v) is 2.72. The molecule has 0 bridgehead atoms. The van der Waals surface area contributed by atoms with Crippen LogP contribution in [-0.4, -0.2) is 10.3 Å². The van der Waals surface area contributed by atoms with Crippen molar-refractivity contribution in [3.8, 4) is 11.3 Å². The standard InChI is InChI=1S/C12H10N2OS/c1-2-11(15)13-12-8-10(14-16-12)9-6-4-3-5-7-9/h2-8H,1H2,(H,13,15). The fourth-order valence-corrected chi connectivity index (χ4v) is 1.92. The summed E-state index contributed by atoms with van der Waals surface area (Å²) in [5.41, 5.74) is 1.91. The van der Waals surface area contributed by atoms with Crippen molar-refractivity contribution in [2.75, 3.05) is 5.32 Å². The minimum Gasteiger partial charge on any atom is -0.313 e. The molecule has 2 aromatic rings. The number of aromatic nitrogens is 1.